The van der Waals surface area contributed by atoms with Gasteiger partial charge >= 0.3 is 0 Å². The molecule has 0 aromatic heterocycles. The van der Waals surface area contributed by atoms with E-state index in [1.807, 2.05) is 11.8 Å². The highest BCUT2D eigenvalue weighted by Gasteiger charge is 2.82. The molecular formula is C9H15BO3S. The van der Waals surface area contributed by atoms with Gasteiger partial charge in [0, 0.05) is 25.9 Å². The quantitative estimate of drug-likeness (QED) is 0.614. The lowest BCUT2D eigenvalue weighted by Gasteiger charge is -2.32. The van der Waals surface area contributed by atoms with E-state index < -0.39 is 0 Å². The number of hydrogen-bond acceptors (Lipinski definition) is 4. The van der Waals surface area contributed by atoms with Gasteiger partial charge in [-0.25, -0.2) is 0 Å². The minimum atomic E-state index is -0.161. The van der Waals surface area contributed by atoms with Gasteiger partial charge in [0.1, 0.15) is 18.4 Å². The second kappa shape index (κ2) is 2.70. The first-order valence-electron chi connectivity index (χ1n) is 5.06. The van der Waals surface area contributed by atoms with E-state index in [4.69, 9.17) is 14.2 Å². The summed E-state index contributed by atoms with van der Waals surface area (Å²) in [6, 6.07) is 0. The van der Waals surface area contributed by atoms with Gasteiger partial charge in [0.15, 0.2) is 0 Å². The fraction of sp³-hybridized carbons (Fsp3) is 1.00. The number of hydrogen-bond donors (Lipinski definition) is 0. The molecule has 5 heteroatoms. The molecule has 78 valence electrons. The molecule has 0 aromatic carbocycles. The van der Waals surface area contributed by atoms with E-state index in [0.717, 1.165) is 5.75 Å². The summed E-state index contributed by atoms with van der Waals surface area (Å²) in [6.07, 6.45) is 0.235. The molecule has 0 amide bonds. The maximum atomic E-state index is 6.19. The van der Waals surface area contributed by atoms with Gasteiger partial charge in [-0.15, -0.1) is 11.8 Å². The number of fused-ring (bicyclic) bond motifs is 1. The van der Waals surface area contributed by atoms with Crippen molar-refractivity contribution in [3.05, 3.63) is 0 Å². The van der Waals surface area contributed by atoms with E-state index in [-0.39, 0.29) is 16.6 Å². The van der Waals surface area contributed by atoms with Gasteiger partial charge in [0.2, 0.25) is 0 Å². The van der Waals surface area contributed by atoms with E-state index in [9.17, 15) is 0 Å². The summed E-state index contributed by atoms with van der Waals surface area (Å²) in [5.74, 6) is 2.24. The highest BCUT2D eigenvalue weighted by Crippen LogP contribution is 2.77. The Labute approximate surface area is 89.3 Å². The fourth-order valence-corrected chi connectivity index (χ4v) is 5.09. The van der Waals surface area contributed by atoms with Gasteiger partial charge in [-0.2, -0.15) is 0 Å². The van der Waals surface area contributed by atoms with Gasteiger partial charge in [-0.1, -0.05) is 0 Å². The molecule has 1 aliphatic carbocycles. The van der Waals surface area contributed by atoms with Gasteiger partial charge < -0.3 is 14.2 Å². The molecule has 2 heterocycles. The molecule has 3 unspecified atom stereocenters. The van der Waals surface area contributed by atoms with Gasteiger partial charge in [0.25, 0.3) is 0 Å². The standard InChI is InChI=1S/C9H15BO3S/c1-11-3-8-4-14-9(13-8)5(6(9)10)7(8)12-2/h5-7H,3-4,10H2,1-2H3/t5?,6-,7?,8+,9?/m0/s1. The van der Waals surface area contributed by atoms with Crippen LogP contribution in [0.1, 0.15) is 0 Å². The Kier molecular flexibility index (Phi) is 1.83. The first kappa shape index (κ1) is 9.52. The van der Waals surface area contributed by atoms with Crippen LogP contribution in [0.15, 0.2) is 0 Å². The number of thioether (sulfide) groups is 1. The van der Waals surface area contributed by atoms with Gasteiger partial charge in [0.05, 0.1) is 12.7 Å². The molecule has 2 aliphatic heterocycles. The van der Waals surface area contributed by atoms with E-state index in [0.29, 0.717) is 18.3 Å². The van der Waals surface area contributed by atoms with Crippen LogP contribution in [-0.4, -0.2) is 51.1 Å². The van der Waals surface area contributed by atoms with Crippen molar-refractivity contribution in [2.24, 2.45) is 5.92 Å². The smallest absolute Gasteiger partial charge is 0.129 e. The molecule has 1 spiro atoms. The van der Waals surface area contributed by atoms with Crippen LogP contribution < -0.4 is 0 Å². The molecular weight excluding hydrogens is 199 g/mol. The maximum absolute atomic E-state index is 6.19. The molecule has 3 nitrogen and oxygen atoms in total. The molecule has 0 aromatic rings. The molecule has 0 N–H and O–H groups in total. The lowest BCUT2D eigenvalue weighted by atomic mass is 9.90. The van der Waals surface area contributed by atoms with Crippen molar-refractivity contribution >= 4 is 19.6 Å². The van der Waals surface area contributed by atoms with Crippen LogP contribution in [0.25, 0.3) is 0 Å². The summed E-state index contributed by atoms with van der Waals surface area (Å²) in [7, 11) is 5.77. The topological polar surface area (TPSA) is 27.7 Å². The Bertz CT molecular complexity index is 277. The van der Waals surface area contributed by atoms with Crippen LogP contribution in [0.3, 0.4) is 0 Å². The van der Waals surface area contributed by atoms with E-state index in [1.54, 1.807) is 14.2 Å². The molecule has 3 fully saturated rings. The molecule has 3 rings (SSSR count). The SMILES string of the molecule is B[C@H]1C2C(OC)[C@@]3(COC)CSC21O3. The third-order valence-electron chi connectivity index (χ3n) is 3.92. The van der Waals surface area contributed by atoms with Crippen LogP contribution in [0.4, 0.5) is 0 Å². The predicted molar refractivity (Wildman–Crippen MR) is 57.5 cm³/mol. The Hall–Kier alpha value is 0.295. The zero-order valence-electron chi connectivity index (χ0n) is 8.78. The summed E-state index contributed by atoms with van der Waals surface area (Å²) in [5, 5.41) is 0. The van der Waals surface area contributed by atoms with Gasteiger partial charge in [-0.3, -0.25) is 0 Å². The predicted octanol–water partition coefficient (Wildman–Crippen LogP) is -0.0887. The molecule has 1 saturated carbocycles. The normalized spacial score (nSPS) is 58.9. The Morgan fingerprint density at radius 1 is 1.57 bits per heavy atom. The zero-order chi connectivity index (χ0) is 9.97. The van der Waals surface area contributed by atoms with Crippen molar-refractivity contribution in [3.63, 3.8) is 0 Å². The van der Waals surface area contributed by atoms with Crippen molar-refractivity contribution in [3.8, 4) is 0 Å². The van der Waals surface area contributed by atoms with Crippen LogP contribution in [-0.2, 0) is 14.2 Å². The summed E-state index contributed by atoms with van der Waals surface area (Å²) < 4.78 is 17.1. The lowest BCUT2D eigenvalue weighted by Crippen LogP contribution is -2.48. The zero-order valence-corrected chi connectivity index (χ0v) is 9.60. The summed E-state index contributed by atoms with van der Waals surface area (Å²) in [4.78, 5) is 0.0825. The van der Waals surface area contributed by atoms with Crippen molar-refractivity contribution < 1.29 is 14.2 Å². The largest absolute Gasteiger partial charge is 0.382 e. The first-order valence-corrected chi connectivity index (χ1v) is 6.04. The van der Waals surface area contributed by atoms with E-state index >= 15 is 0 Å². The van der Waals surface area contributed by atoms with Crippen LogP contribution in [0, 0.1) is 5.92 Å². The maximum Gasteiger partial charge on any atom is 0.129 e. The summed E-state index contributed by atoms with van der Waals surface area (Å²) in [5.41, 5.74) is -0.161. The molecule has 14 heavy (non-hydrogen) atoms. The van der Waals surface area contributed by atoms with Crippen molar-refractivity contribution in [2.75, 3.05) is 26.6 Å². The third kappa shape index (κ3) is 0.837. The van der Waals surface area contributed by atoms with E-state index in [2.05, 4.69) is 7.85 Å². The van der Waals surface area contributed by atoms with E-state index in [1.165, 1.54) is 0 Å². The second-order valence-electron chi connectivity index (χ2n) is 4.58. The molecule has 2 bridgehead atoms. The molecule has 3 aliphatic rings. The van der Waals surface area contributed by atoms with Crippen molar-refractivity contribution in [1.29, 1.82) is 0 Å². The Balaban J connectivity index is 1.89. The minimum absolute atomic E-state index is 0.0825. The minimum Gasteiger partial charge on any atom is -0.382 e. The number of ether oxygens (including phenoxy) is 3. The lowest BCUT2D eigenvalue weighted by molar-refractivity contribution is -0.116. The monoisotopic (exact) mass is 214 g/mol. The highest BCUT2D eigenvalue weighted by molar-refractivity contribution is 8.01. The molecule has 0 radical (unpaired) electrons. The number of methoxy groups -OCH3 is 2. The van der Waals surface area contributed by atoms with Crippen LogP contribution >= 0.6 is 11.8 Å². The van der Waals surface area contributed by atoms with Crippen molar-refractivity contribution in [2.45, 2.75) is 22.5 Å². The summed E-state index contributed by atoms with van der Waals surface area (Å²) in [6.45, 7) is 0.656. The van der Waals surface area contributed by atoms with Crippen LogP contribution in [0.2, 0.25) is 5.82 Å². The Morgan fingerprint density at radius 3 is 3.00 bits per heavy atom. The fourth-order valence-electron chi connectivity index (χ4n) is 3.23. The third-order valence-corrected chi connectivity index (χ3v) is 5.73. The second-order valence-corrected chi connectivity index (χ2v) is 5.80. The average molecular weight is 214 g/mol. The summed E-state index contributed by atoms with van der Waals surface area (Å²) >= 11 is 1.95. The molecule has 5 atom stereocenters. The highest BCUT2D eigenvalue weighted by atomic mass is 32.2. The Morgan fingerprint density at radius 2 is 2.36 bits per heavy atom. The molecule has 2 saturated heterocycles. The number of rotatable bonds is 3. The first-order chi connectivity index (χ1) is 6.70. The van der Waals surface area contributed by atoms with Crippen LogP contribution in [0.5, 0.6) is 0 Å². The van der Waals surface area contributed by atoms with Gasteiger partial charge in [-0.05, 0) is 5.82 Å². The van der Waals surface area contributed by atoms with Crippen molar-refractivity contribution in [1.82, 2.24) is 0 Å². The average Bonchev–Trinajstić information content (AvgIpc) is 2.57.